The number of carbonyl (C=O) groups is 1. The number of nitrogens with one attached hydrogen (secondary N) is 1. The van der Waals surface area contributed by atoms with Gasteiger partial charge in [0.05, 0.1) is 32.5 Å². The molecule has 2 aromatic rings. The third-order valence-corrected chi connectivity index (χ3v) is 7.61. The van der Waals surface area contributed by atoms with Crippen molar-refractivity contribution < 1.29 is 23.7 Å². The molecule has 0 spiro atoms. The van der Waals surface area contributed by atoms with Crippen molar-refractivity contribution in [1.82, 2.24) is 5.32 Å². The number of rotatable bonds is 13. The van der Waals surface area contributed by atoms with Crippen LogP contribution in [0.25, 0.3) is 0 Å². The fraction of sp³-hybridized carbons (Fsp3) is 0.552. The van der Waals surface area contributed by atoms with Crippen molar-refractivity contribution in [3.8, 4) is 5.75 Å². The summed E-state index contributed by atoms with van der Waals surface area (Å²) in [4.78, 5) is 12.5. The zero-order valence-electron chi connectivity index (χ0n) is 21.7. The number of carbonyl (C=O) groups excluding carboxylic acids is 1. The molecule has 0 bridgehead atoms. The predicted octanol–water partition coefficient (Wildman–Crippen LogP) is 7.00. The fourth-order valence-electron chi connectivity index (χ4n) is 4.80. The highest BCUT2D eigenvalue weighted by atomic mass is 35.5. The van der Waals surface area contributed by atoms with Gasteiger partial charge in [0.15, 0.2) is 0 Å². The first-order valence-electron chi connectivity index (χ1n) is 13.2. The summed E-state index contributed by atoms with van der Waals surface area (Å²) in [5, 5.41) is 4.41. The first-order valence-corrected chi connectivity index (χ1v) is 13.9. The number of amides is 1. The molecule has 1 unspecified atom stereocenters. The van der Waals surface area contributed by atoms with Crippen LogP contribution in [-0.2, 0) is 32.2 Å². The molecule has 1 amide bonds. The Hall–Kier alpha value is -1.83. The van der Waals surface area contributed by atoms with Gasteiger partial charge in [-0.2, -0.15) is 0 Å². The fourth-order valence-corrected chi connectivity index (χ4v) is 5.30. The van der Waals surface area contributed by atoms with Crippen LogP contribution in [0.2, 0.25) is 10.0 Å². The Labute approximate surface area is 229 Å². The second-order valence-corrected chi connectivity index (χ2v) is 11.0. The standard InChI is InChI=1S/C29H37Cl2NO5/c1-29(2)36-18-22-16-20(11-12-27(22)37-29)26-17-21(28(33)32-26)8-5-3-4-6-13-34-14-15-35-19-23-24(30)9-7-10-25(23)31/h7,9-12,16,21,26H,3-6,8,13-15,17-19H2,1-2H3,(H,32,33)/t21-,26?/m1/s1. The molecule has 2 heterocycles. The first-order chi connectivity index (χ1) is 17.8. The number of fused-ring (bicyclic) bond motifs is 1. The predicted molar refractivity (Wildman–Crippen MR) is 145 cm³/mol. The van der Waals surface area contributed by atoms with E-state index in [-0.39, 0.29) is 17.9 Å². The van der Waals surface area contributed by atoms with Crippen LogP contribution < -0.4 is 10.1 Å². The van der Waals surface area contributed by atoms with E-state index in [1.165, 1.54) is 0 Å². The van der Waals surface area contributed by atoms with Gasteiger partial charge in [0.25, 0.3) is 0 Å². The summed E-state index contributed by atoms with van der Waals surface area (Å²) >= 11 is 12.3. The van der Waals surface area contributed by atoms with Gasteiger partial charge in [0, 0.05) is 47.5 Å². The Kier molecular flexibility index (Phi) is 10.1. The zero-order chi connectivity index (χ0) is 26.3. The van der Waals surface area contributed by atoms with Gasteiger partial charge in [-0.3, -0.25) is 4.79 Å². The highest BCUT2D eigenvalue weighted by molar-refractivity contribution is 6.35. The quantitative estimate of drug-likeness (QED) is 0.272. The van der Waals surface area contributed by atoms with E-state index in [4.69, 9.17) is 42.1 Å². The molecule has 0 radical (unpaired) electrons. The molecule has 8 heteroatoms. The molecule has 2 aromatic carbocycles. The summed E-state index contributed by atoms with van der Waals surface area (Å²) in [6, 6.07) is 11.7. The molecule has 2 aliphatic heterocycles. The van der Waals surface area contributed by atoms with Gasteiger partial charge in [-0.05, 0) is 49.1 Å². The normalized spacial score (nSPS) is 20.4. The molecule has 0 aromatic heterocycles. The monoisotopic (exact) mass is 549 g/mol. The number of ether oxygens (including phenoxy) is 4. The van der Waals surface area contributed by atoms with E-state index in [9.17, 15) is 4.79 Å². The zero-order valence-corrected chi connectivity index (χ0v) is 23.2. The summed E-state index contributed by atoms with van der Waals surface area (Å²) in [7, 11) is 0. The Morgan fingerprint density at radius 2 is 1.76 bits per heavy atom. The van der Waals surface area contributed by atoms with Crippen LogP contribution in [0.1, 0.15) is 75.1 Å². The lowest BCUT2D eigenvalue weighted by molar-refractivity contribution is -0.180. The minimum atomic E-state index is -0.602. The van der Waals surface area contributed by atoms with Crippen molar-refractivity contribution in [2.24, 2.45) is 5.92 Å². The first kappa shape index (κ1) is 28.2. The number of halogens is 2. The lowest BCUT2D eigenvalue weighted by Crippen LogP contribution is -2.35. The SMILES string of the molecule is CC1(C)OCc2cc(C3C[C@@H](CCCCCCOCCOCc4c(Cl)cccc4Cl)C(=O)N3)ccc2O1. The largest absolute Gasteiger partial charge is 0.463 e. The summed E-state index contributed by atoms with van der Waals surface area (Å²) < 4.78 is 22.9. The third-order valence-electron chi connectivity index (χ3n) is 6.90. The average Bonchev–Trinajstić information content (AvgIpc) is 3.23. The molecule has 4 rings (SSSR count). The Morgan fingerprint density at radius 1 is 1.00 bits per heavy atom. The van der Waals surface area contributed by atoms with Crippen molar-refractivity contribution in [1.29, 1.82) is 0 Å². The van der Waals surface area contributed by atoms with Gasteiger partial charge in [-0.15, -0.1) is 0 Å². The maximum Gasteiger partial charge on any atom is 0.223 e. The number of hydrogen-bond donors (Lipinski definition) is 1. The van der Waals surface area contributed by atoms with Crippen LogP contribution >= 0.6 is 23.2 Å². The number of unbranched alkanes of at least 4 members (excludes halogenated alkanes) is 3. The Morgan fingerprint density at radius 3 is 2.57 bits per heavy atom. The van der Waals surface area contributed by atoms with Gasteiger partial charge in [-0.1, -0.05) is 54.6 Å². The minimum Gasteiger partial charge on any atom is -0.463 e. The topological polar surface area (TPSA) is 66.0 Å². The number of hydrogen-bond acceptors (Lipinski definition) is 5. The van der Waals surface area contributed by atoms with Gasteiger partial charge >= 0.3 is 0 Å². The van der Waals surface area contributed by atoms with Crippen molar-refractivity contribution >= 4 is 29.1 Å². The number of benzene rings is 2. The van der Waals surface area contributed by atoms with Crippen molar-refractivity contribution in [2.45, 2.75) is 77.4 Å². The molecule has 1 fully saturated rings. The van der Waals surface area contributed by atoms with E-state index in [0.717, 1.165) is 61.0 Å². The van der Waals surface area contributed by atoms with Crippen LogP contribution in [0.5, 0.6) is 5.75 Å². The molecule has 202 valence electrons. The van der Waals surface area contributed by atoms with E-state index in [2.05, 4.69) is 17.4 Å². The Bertz CT molecular complexity index is 1040. The van der Waals surface area contributed by atoms with Crippen LogP contribution in [0, 0.1) is 5.92 Å². The van der Waals surface area contributed by atoms with Gasteiger partial charge in [0.2, 0.25) is 11.7 Å². The smallest absolute Gasteiger partial charge is 0.223 e. The second kappa shape index (κ2) is 13.3. The van der Waals surface area contributed by atoms with Crippen LogP contribution in [0.3, 0.4) is 0 Å². The molecule has 6 nitrogen and oxygen atoms in total. The van der Waals surface area contributed by atoms with Crippen molar-refractivity contribution in [3.05, 3.63) is 63.1 Å². The summed E-state index contributed by atoms with van der Waals surface area (Å²) in [5.74, 6) is 0.499. The molecular weight excluding hydrogens is 513 g/mol. The summed E-state index contributed by atoms with van der Waals surface area (Å²) in [6.45, 7) is 6.49. The van der Waals surface area contributed by atoms with Gasteiger partial charge < -0.3 is 24.3 Å². The molecule has 1 N–H and O–H groups in total. The highest BCUT2D eigenvalue weighted by Gasteiger charge is 2.33. The summed E-state index contributed by atoms with van der Waals surface area (Å²) in [6.07, 6.45) is 6.01. The van der Waals surface area contributed by atoms with E-state index in [0.29, 0.717) is 43.1 Å². The highest BCUT2D eigenvalue weighted by Crippen LogP contribution is 2.36. The molecule has 37 heavy (non-hydrogen) atoms. The summed E-state index contributed by atoms with van der Waals surface area (Å²) in [5.41, 5.74) is 2.97. The molecule has 1 saturated heterocycles. The van der Waals surface area contributed by atoms with E-state index < -0.39 is 5.79 Å². The van der Waals surface area contributed by atoms with E-state index >= 15 is 0 Å². The minimum absolute atomic E-state index is 0.0577. The van der Waals surface area contributed by atoms with E-state index in [1.807, 2.05) is 26.0 Å². The maximum atomic E-state index is 12.5. The maximum absolute atomic E-state index is 12.5. The van der Waals surface area contributed by atoms with Crippen LogP contribution in [0.15, 0.2) is 36.4 Å². The van der Waals surface area contributed by atoms with Crippen molar-refractivity contribution in [3.63, 3.8) is 0 Å². The second-order valence-electron chi connectivity index (χ2n) is 10.2. The lowest BCUT2D eigenvalue weighted by Gasteiger charge is -2.33. The third kappa shape index (κ3) is 8.08. The molecule has 2 aliphatic rings. The van der Waals surface area contributed by atoms with Crippen LogP contribution in [0.4, 0.5) is 0 Å². The van der Waals surface area contributed by atoms with Crippen LogP contribution in [-0.4, -0.2) is 31.5 Å². The van der Waals surface area contributed by atoms with Gasteiger partial charge in [0.1, 0.15) is 5.75 Å². The lowest BCUT2D eigenvalue weighted by atomic mass is 9.94. The molecule has 2 atom stereocenters. The molecule has 0 saturated carbocycles. The van der Waals surface area contributed by atoms with E-state index in [1.54, 1.807) is 12.1 Å². The molecular formula is C29H37Cl2NO5. The molecule has 0 aliphatic carbocycles. The van der Waals surface area contributed by atoms with Crippen molar-refractivity contribution in [2.75, 3.05) is 19.8 Å². The Balaban J connectivity index is 1.05. The average molecular weight is 551 g/mol. The van der Waals surface area contributed by atoms with Gasteiger partial charge in [-0.25, -0.2) is 0 Å².